The van der Waals surface area contributed by atoms with Gasteiger partial charge in [0, 0.05) is 6.54 Å². The molecule has 0 spiro atoms. The summed E-state index contributed by atoms with van der Waals surface area (Å²) in [7, 11) is 3.72. The van der Waals surface area contributed by atoms with Crippen LogP contribution in [0.15, 0.2) is 41.0 Å². The van der Waals surface area contributed by atoms with Crippen molar-refractivity contribution in [2.45, 2.75) is 12.2 Å². The highest BCUT2D eigenvalue weighted by Gasteiger charge is 2.35. The van der Waals surface area contributed by atoms with Crippen molar-refractivity contribution in [2.24, 2.45) is 0 Å². The lowest BCUT2D eigenvalue weighted by atomic mass is 10.1. The number of nitrogens with two attached hydrogens (primary N) is 1. The predicted octanol–water partition coefficient (Wildman–Crippen LogP) is 3.84. The van der Waals surface area contributed by atoms with Crippen molar-refractivity contribution in [3.8, 4) is 5.88 Å². The van der Waals surface area contributed by atoms with Crippen molar-refractivity contribution in [1.82, 2.24) is 15.2 Å². The van der Waals surface area contributed by atoms with Crippen LogP contribution in [0.4, 0.5) is 23.7 Å². The number of nitrogens with zero attached hydrogens (tertiary/aromatic N) is 2. The average Bonchev–Trinajstić information content (AvgIpc) is 2.57. The molecule has 0 aliphatic carbocycles. The number of rotatable bonds is 5. The van der Waals surface area contributed by atoms with E-state index in [1.165, 1.54) is 0 Å². The van der Waals surface area contributed by atoms with Gasteiger partial charge < -0.3 is 20.7 Å². The number of anilines is 1. The van der Waals surface area contributed by atoms with Crippen LogP contribution in [-0.4, -0.2) is 36.6 Å². The van der Waals surface area contributed by atoms with Gasteiger partial charge in [0.2, 0.25) is 5.88 Å². The Balaban J connectivity index is 2.06. The first kappa shape index (κ1) is 21.0. The summed E-state index contributed by atoms with van der Waals surface area (Å²) in [6, 6.07) is 10.0. The molecule has 0 fully saturated rings. The van der Waals surface area contributed by atoms with Gasteiger partial charge in [-0.3, -0.25) is 0 Å². The topological polar surface area (TPSA) is 80.5 Å². The van der Waals surface area contributed by atoms with E-state index in [1.807, 2.05) is 49.3 Å². The number of hydrogen-bond donors (Lipinski definition) is 2. The first-order valence-corrected chi connectivity index (χ1v) is 8.59. The van der Waals surface area contributed by atoms with E-state index < -0.39 is 34.0 Å². The number of pyridine rings is 1. The normalized spacial score (nSPS) is 12.7. The fourth-order valence-corrected chi connectivity index (χ4v) is 2.85. The number of hydrogen-bond acceptors (Lipinski definition) is 5. The van der Waals surface area contributed by atoms with E-state index in [4.69, 9.17) is 10.5 Å². The van der Waals surface area contributed by atoms with Crippen molar-refractivity contribution in [2.75, 3.05) is 26.4 Å². The molecule has 2 aromatic rings. The molecule has 0 saturated heterocycles. The standard InChI is InChI=1S/C17H18BrF3N4O2/c1-25(2)13(10-6-4-3-5-7-10)9-23-16(26)27-15-12(22)8-11(14(18)24-15)17(19,20)21/h3-8,13H,9,22H2,1-2H3,(H,23,26). The number of carbonyl (C=O) groups excluding carboxylic acids is 1. The molecule has 2 rings (SSSR count). The van der Waals surface area contributed by atoms with E-state index >= 15 is 0 Å². The largest absolute Gasteiger partial charge is 0.419 e. The SMILES string of the molecule is CN(C)C(CNC(=O)Oc1nc(Br)c(C(F)(F)F)cc1N)c1ccccc1. The van der Waals surface area contributed by atoms with Crippen molar-refractivity contribution in [3.05, 3.63) is 52.1 Å². The number of alkyl halides is 3. The molecule has 1 heterocycles. The number of likely N-dealkylation sites (N-methyl/N-ethyl adjacent to an activating group) is 1. The second-order valence-corrected chi connectivity index (χ2v) is 6.63. The fraction of sp³-hybridized carbons (Fsp3) is 0.294. The fourth-order valence-electron chi connectivity index (χ4n) is 2.35. The molecule has 27 heavy (non-hydrogen) atoms. The van der Waals surface area contributed by atoms with Gasteiger partial charge >= 0.3 is 12.3 Å². The van der Waals surface area contributed by atoms with Crippen LogP contribution in [0.1, 0.15) is 17.2 Å². The maximum Gasteiger partial charge on any atom is 0.419 e. The van der Waals surface area contributed by atoms with E-state index in [-0.39, 0.29) is 12.6 Å². The molecule has 0 aliphatic rings. The summed E-state index contributed by atoms with van der Waals surface area (Å²) in [6.07, 6.45) is -5.50. The number of benzene rings is 1. The summed E-state index contributed by atoms with van der Waals surface area (Å²) >= 11 is 2.71. The molecular formula is C17H18BrF3N4O2. The number of ether oxygens (including phenoxy) is 1. The van der Waals surface area contributed by atoms with Crippen LogP contribution in [0.2, 0.25) is 0 Å². The third-order valence-corrected chi connectivity index (χ3v) is 4.32. The lowest BCUT2D eigenvalue weighted by molar-refractivity contribution is -0.138. The Kier molecular flexibility index (Phi) is 6.66. The minimum Gasteiger partial charge on any atom is -0.394 e. The van der Waals surface area contributed by atoms with Crippen LogP contribution in [0, 0.1) is 0 Å². The summed E-state index contributed by atoms with van der Waals surface area (Å²) < 4.78 is 42.9. The summed E-state index contributed by atoms with van der Waals surface area (Å²) in [5.74, 6) is -0.409. The first-order chi connectivity index (χ1) is 12.6. The van der Waals surface area contributed by atoms with Gasteiger partial charge in [-0.2, -0.15) is 13.2 Å². The second kappa shape index (κ2) is 8.57. The van der Waals surface area contributed by atoms with Crippen molar-refractivity contribution in [3.63, 3.8) is 0 Å². The summed E-state index contributed by atoms with van der Waals surface area (Å²) in [4.78, 5) is 17.5. The van der Waals surface area contributed by atoms with E-state index in [1.54, 1.807) is 0 Å². The third kappa shape index (κ3) is 5.57. The highest BCUT2D eigenvalue weighted by molar-refractivity contribution is 9.10. The molecule has 0 saturated carbocycles. The van der Waals surface area contributed by atoms with Gasteiger partial charge in [-0.1, -0.05) is 30.3 Å². The monoisotopic (exact) mass is 446 g/mol. The highest BCUT2D eigenvalue weighted by Crippen LogP contribution is 2.37. The molecule has 1 atom stereocenters. The van der Waals surface area contributed by atoms with Crippen LogP contribution in [-0.2, 0) is 6.18 Å². The zero-order chi connectivity index (χ0) is 20.2. The summed E-state index contributed by atoms with van der Waals surface area (Å²) in [5, 5.41) is 2.57. The Morgan fingerprint density at radius 3 is 2.52 bits per heavy atom. The molecule has 10 heteroatoms. The summed E-state index contributed by atoms with van der Waals surface area (Å²) in [5.41, 5.74) is 5.07. The molecule has 146 valence electrons. The number of aromatic nitrogens is 1. The van der Waals surface area contributed by atoms with Gasteiger partial charge in [-0.25, -0.2) is 9.78 Å². The Hall–Kier alpha value is -2.33. The lowest BCUT2D eigenvalue weighted by Crippen LogP contribution is -2.36. The minimum atomic E-state index is -4.63. The maximum atomic E-state index is 12.8. The van der Waals surface area contributed by atoms with Crippen LogP contribution in [0.5, 0.6) is 5.88 Å². The Bertz CT molecular complexity index is 801. The first-order valence-electron chi connectivity index (χ1n) is 7.80. The molecular weight excluding hydrogens is 429 g/mol. The maximum absolute atomic E-state index is 12.8. The number of carbonyl (C=O) groups is 1. The number of halogens is 4. The smallest absolute Gasteiger partial charge is 0.394 e. The van der Waals surface area contributed by atoms with Gasteiger partial charge in [0.25, 0.3) is 0 Å². The van der Waals surface area contributed by atoms with Gasteiger partial charge in [-0.15, -0.1) is 0 Å². The van der Waals surface area contributed by atoms with Crippen LogP contribution < -0.4 is 15.8 Å². The summed E-state index contributed by atoms with van der Waals surface area (Å²) in [6.45, 7) is 0.220. The second-order valence-electron chi connectivity index (χ2n) is 5.88. The molecule has 1 aromatic heterocycles. The zero-order valence-electron chi connectivity index (χ0n) is 14.5. The van der Waals surface area contributed by atoms with Gasteiger partial charge in [0.05, 0.1) is 17.3 Å². The molecule has 0 aliphatic heterocycles. The molecule has 6 nitrogen and oxygen atoms in total. The number of nitrogens with one attached hydrogen (secondary N) is 1. The van der Waals surface area contributed by atoms with E-state index in [2.05, 4.69) is 26.2 Å². The molecule has 3 N–H and O–H groups in total. The van der Waals surface area contributed by atoms with Crippen molar-refractivity contribution < 1.29 is 22.7 Å². The number of nitrogen functional groups attached to an aromatic ring is 1. The van der Waals surface area contributed by atoms with E-state index in [0.29, 0.717) is 6.07 Å². The molecule has 0 radical (unpaired) electrons. The number of amides is 1. The van der Waals surface area contributed by atoms with Crippen molar-refractivity contribution in [1.29, 1.82) is 0 Å². The predicted molar refractivity (Wildman–Crippen MR) is 98.2 cm³/mol. The quantitative estimate of drug-likeness (QED) is 0.682. The molecule has 0 bridgehead atoms. The van der Waals surface area contributed by atoms with Crippen LogP contribution >= 0.6 is 15.9 Å². The van der Waals surface area contributed by atoms with E-state index in [9.17, 15) is 18.0 Å². The van der Waals surface area contributed by atoms with E-state index in [0.717, 1.165) is 5.56 Å². The van der Waals surface area contributed by atoms with Crippen molar-refractivity contribution >= 4 is 27.7 Å². The minimum absolute atomic E-state index is 0.122. The molecule has 1 amide bonds. The third-order valence-electron chi connectivity index (χ3n) is 3.71. The molecule has 1 aromatic carbocycles. The Labute approximate surface area is 162 Å². The van der Waals surface area contributed by atoms with Gasteiger partial charge in [0.1, 0.15) is 4.60 Å². The zero-order valence-corrected chi connectivity index (χ0v) is 16.1. The van der Waals surface area contributed by atoms with Gasteiger partial charge in [-0.05, 0) is 41.7 Å². The Morgan fingerprint density at radius 1 is 1.33 bits per heavy atom. The van der Waals surface area contributed by atoms with Crippen LogP contribution in [0.3, 0.4) is 0 Å². The van der Waals surface area contributed by atoms with Crippen LogP contribution in [0.25, 0.3) is 0 Å². The Morgan fingerprint density at radius 2 is 1.96 bits per heavy atom. The molecule has 1 unspecified atom stereocenters. The highest BCUT2D eigenvalue weighted by atomic mass is 79.9. The lowest BCUT2D eigenvalue weighted by Gasteiger charge is -2.24. The van der Waals surface area contributed by atoms with Gasteiger partial charge in [0.15, 0.2) is 0 Å². The average molecular weight is 447 g/mol.